The summed E-state index contributed by atoms with van der Waals surface area (Å²) in [5, 5.41) is 0. The monoisotopic (exact) mass is 234 g/mol. The van der Waals surface area contributed by atoms with E-state index in [-0.39, 0.29) is 0 Å². The van der Waals surface area contributed by atoms with Gasteiger partial charge in [-0.2, -0.15) is 0 Å². The summed E-state index contributed by atoms with van der Waals surface area (Å²) in [5.74, 6) is 0.874. The van der Waals surface area contributed by atoms with E-state index in [1.54, 1.807) is 7.11 Å². The van der Waals surface area contributed by atoms with Crippen LogP contribution in [0.1, 0.15) is 19.4 Å². The molecule has 1 rings (SSSR count). The molecule has 0 fully saturated rings. The maximum Gasteiger partial charge on any atom is 0.127 e. The Labute approximate surface area is 104 Å². The SMILES string of the molecule is CCN(CC)CCN=Cc1ccccc1OC. The smallest absolute Gasteiger partial charge is 0.127 e. The second-order valence-corrected chi connectivity index (χ2v) is 3.80. The van der Waals surface area contributed by atoms with Crippen LogP contribution in [0, 0.1) is 0 Å². The van der Waals surface area contributed by atoms with Gasteiger partial charge >= 0.3 is 0 Å². The first kappa shape index (κ1) is 13.7. The van der Waals surface area contributed by atoms with Crippen molar-refractivity contribution in [1.29, 1.82) is 0 Å². The van der Waals surface area contributed by atoms with Crippen molar-refractivity contribution in [2.75, 3.05) is 33.3 Å². The lowest BCUT2D eigenvalue weighted by atomic mass is 10.2. The van der Waals surface area contributed by atoms with Gasteiger partial charge in [-0.25, -0.2) is 0 Å². The molecule has 1 aromatic rings. The Kier molecular flexibility index (Phi) is 6.33. The third kappa shape index (κ3) is 4.57. The highest BCUT2D eigenvalue weighted by Gasteiger charge is 1.98. The van der Waals surface area contributed by atoms with Crippen molar-refractivity contribution in [1.82, 2.24) is 4.90 Å². The number of ether oxygens (including phenoxy) is 1. The predicted octanol–water partition coefficient (Wildman–Crippen LogP) is 2.46. The average Bonchev–Trinajstić information content (AvgIpc) is 2.39. The first-order valence-corrected chi connectivity index (χ1v) is 6.17. The number of benzene rings is 1. The Morgan fingerprint density at radius 1 is 1.24 bits per heavy atom. The zero-order valence-corrected chi connectivity index (χ0v) is 11.0. The van der Waals surface area contributed by atoms with E-state index in [1.165, 1.54) is 0 Å². The Bertz CT molecular complexity index is 346. The third-order valence-electron chi connectivity index (χ3n) is 2.81. The summed E-state index contributed by atoms with van der Waals surface area (Å²) >= 11 is 0. The lowest BCUT2D eigenvalue weighted by Crippen LogP contribution is -2.25. The van der Waals surface area contributed by atoms with Gasteiger partial charge in [-0.15, -0.1) is 0 Å². The molecular formula is C14H22N2O. The second-order valence-electron chi connectivity index (χ2n) is 3.80. The number of rotatable bonds is 7. The Morgan fingerprint density at radius 2 is 1.94 bits per heavy atom. The molecule has 3 nitrogen and oxygen atoms in total. The molecule has 0 aromatic heterocycles. The number of hydrogen-bond donors (Lipinski definition) is 0. The molecule has 0 amide bonds. The molecule has 0 aliphatic carbocycles. The fourth-order valence-electron chi connectivity index (χ4n) is 1.67. The van der Waals surface area contributed by atoms with Gasteiger partial charge in [0.15, 0.2) is 0 Å². The lowest BCUT2D eigenvalue weighted by molar-refractivity contribution is 0.313. The molecule has 0 atom stereocenters. The Morgan fingerprint density at radius 3 is 2.59 bits per heavy atom. The topological polar surface area (TPSA) is 24.8 Å². The average molecular weight is 234 g/mol. The van der Waals surface area contributed by atoms with E-state index in [0.717, 1.165) is 37.5 Å². The fourth-order valence-corrected chi connectivity index (χ4v) is 1.67. The van der Waals surface area contributed by atoms with Crippen LogP contribution in [-0.4, -0.2) is 44.4 Å². The standard InChI is InChI=1S/C14H22N2O/c1-4-16(5-2)11-10-15-12-13-8-6-7-9-14(13)17-3/h6-9,12H,4-5,10-11H2,1-3H3. The molecule has 0 aliphatic rings. The van der Waals surface area contributed by atoms with Crippen LogP contribution in [0.15, 0.2) is 29.3 Å². The van der Waals surface area contributed by atoms with E-state index in [2.05, 4.69) is 23.7 Å². The zero-order chi connectivity index (χ0) is 12.5. The van der Waals surface area contributed by atoms with Crippen molar-refractivity contribution >= 4 is 6.21 Å². The summed E-state index contributed by atoms with van der Waals surface area (Å²) in [6, 6.07) is 7.92. The zero-order valence-electron chi connectivity index (χ0n) is 11.0. The second kappa shape index (κ2) is 7.85. The number of nitrogens with zero attached hydrogens (tertiary/aromatic N) is 2. The van der Waals surface area contributed by atoms with Crippen LogP contribution in [0.5, 0.6) is 5.75 Å². The quantitative estimate of drug-likeness (QED) is 0.677. The summed E-state index contributed by atoms with van der Waals surface area (Å²) in [7, 11) is 1.68. The number of likely N-dealkylation sites (N-methyl/N-ethyl adjacent to an activating group) is 1. The number of aliphatic imine (C=N–C) groups is 1. The molecule has 94 valence electrons. The summed E-state index contributed by atoms with van der Waals surface area (Å²) in [6.45, 7) is 8.36. The molecular weight excluding hydrogens is 212 g/mol. The molecule has 0 bridgehead atoms. The van der Waals surface area contributed by atoms with Gasteiger partial charge in [-0.05, 0) is 25.2 Å². The fraction of sp³-hybridized carbons (Fsp3) is 0.500. The highest BCUT2D eigenvalue weighted by molar-refractivity contribution is 5.83. The Balaban J connectivity index is 2.47. The van der Waals surface area contributed by atoms with E-state index in [4.69, 9.17) is 4.74 Å². The van der Waals surface area contributed by atoms with Crippen molar-refractivity contribution in [2.24, 2.45) is 4.99 Å². The first-order valence-electron chi connectivity index (χ1n) is 6.17. The van der Waals surface area contributed by atoms with Crippen LogP contribution >= 0.6 is 0 Å². The van der Waals surface area contributed by atoms with E-state index < -0.39 is 0 Å². The predicted molar refractivity (Wildman–Crippen MR) is 73.2 cm³/mol. The van der Waals surface area contributed by atoms with Gasteiger partial charge in [0.1, 0.15) is 5.75 Å². The summed E-state index contributed by atoms with van der Waals surface area (Å²) in [4.78, 5) is 6.80. The highest BCUT2D eigenvalue weighted by atomic mass is 16.5. The van der Waals surface area contributed by atoms with Crippen LogP contribution in [-0.2, 0) is 0 Å². The van der Waals surface area contributed by atoms with Crippen molar-refractivity contribution in [2.45, 2.75) is 13.8 Å². The van der Waals surface area contributed by atoms with Crippen LogP contribution in [0.3, 0.4) is 0 Å². The van der Waals surface area contributed by atoms with Gasteiger partial charge in [0.2, 0.25) is 0 Å². The molecule has 1 aromatic carbocycles. The van der Waals surface area contributed by atoms with Crippen molar-refractivity contribution in [3.63, 3.8) is 0 Å². The van der Waals surface area contributed by atoms with Crippen LogP contribution in [0.2, 0.25) is 0 Å². The Hall–Kier alpha value is -1.35. The summed E-state index contributed by atoms with van der Waals surface area (Å²) in [5.41, 5.74) is 1.04. The van der Waals surface area contributed by atoms with Gasteiger partial charge in [0.25, 0.3) is 0 Å². The minimum absolute atomic E-state index is 0.833. The van der Waals surface area contributed by atoms with Gasteiger partial charge in [0, 0.05) is 18.3 Å². The van der Waals surface area contributed by atoms with E-state index in [0.29, 0.717) is 0 Å². The van der Waals surface area contributed by atoms with Gasteiger partial charge in [-0.1, -0.05) is 26.0 Å². The molecule has 0 N–H and O–H groups in total. The van der Waals surface area contributed by atoms with Gasteiger partial charge < -0.3 is 9.64 Å². The number of hydrogen-bond acceptors (Lipinski definition) is 3. The highest BCUT2D eigenvalue weighted by Crippen LogP contribution is 2.14. The lowest BCUT2D eigenvalue weighted by Gasteiger charge is -2.15. The number of methoxy groups -OCH3 is 1. The first-order chi connectivity index (χ1) is 8.31. The molecule has 0 spiro atoms. The van der Waals surface area contributed by atoms with Crippen molar-refractivity contribution in [3.8, 4) is 5.75 Å². The van der Waals surface area contributed by atoms with Crippen molar-refractivity contribution in [3.05, 3.63) is 29.8 Å². The molecule has 17 heavy (non-hydrogen) atoms. The van der Waals surface area contributed by atoms with Gasteiger partial charge in [-0.3, -0.25) is 4.99 Å². The molecule has 0 aliphatic heterocycles. The molecule has 3 heteroatoms. The molecule has 0 saturated carbocycles. The van der Waals surface area contributed by atoms with Crippen LogP contribution in [0.4, 0.5) is 0 Å². The minimum atomic E-state index is 0.833. The van der Waals surface area contributed by atoms with Crippen LogP contribution in [0.25, 0.3) is 0 Å². The maximum atomic E-state index is 5.26. The molecule has 0 unspecified atom stereocenters. The minimum Gasteiger partial charge on any atom is -0.496 e. The number of para-hydroxylation sites is 1. The molecule has 0 heterocycles. The molecule has 0 radical (unpaired) electrons. The van der Waals surface area contributed by atoms with Gasteiger partial charge in [0.05, 0.1) is 13.7 Å². The normalized spacial score (nSPS) is 11.3. The van der Waals surface area contributed by atoms with E-state index in [1.807, 2.05) is 30.5 Å². The summed E-state index contributed by atoms with van der Waals surface area (Å²) < 4.78 is 5.26. The van der Waals surface area contributed by atoms with Crippen LogP contribution < -0.4 is 4.74 Å². The third-order valence-corrected chi connectivity index (χ3v) is 2.81. The largest absolute Gasteiger partial charge is 0.496 e. The molecule has 0 saturated heterocycles. The maximum absolute atomic E-state index is 5.26. The van der Waals surface area contributed by atoms with Crippen molar-refractivity contribution < 1.29 is 4.74 Å². The summed E-state index contributed by atoms with van der Waals surface area (Å²) in [6.07, 6.45) is 1.89. The van der Waals surface area contributed by atoms with E-state index >= 15 is 0 Å². The van der Waals surface area contributed by atoms with E-state index in [9.17, 15) is 0 Å².